The van der Waals surface area contributed by atoms with Gasteiger partial charge in [0, 0.05) is 30.5 Å². The molecule has 4 rings (SSSR count). The summed E-state index contributed by atoms with van der Waals surface area (Å²) < 4.78 is 33.6. The molecule has 0 unspecified atom stereocenters. The number of rotatable bonds is 5. The molecule has 0 spiro atoms. The number of benzene rings is 1. The normalized spacial score (nSPS) is 16.6. The summed E-state index contributed by atoms with van der Waals surface area (Å²) in [4.78, 5) is 12.3. The molecule has 2 aromatic heterocycles. The highest BCUT2D eigenvalue weighted by Gasteiger charge is 2.36. The topological polar surface area (TPSA) is 50.8 Å². The molecule has 1 fully saturated rings. The van der Waals surface area contributed by atoms with Gasteiger partial charge in [0.05, 0.1) is 5.69 Å². The molecule has 1 aliphatic carbocycles. The molecule has 30 heavy (non-hydrogen) atoms. The minimum Gasteiger partial charge on any atom is -0.487 e. The van der Waals surface area contributed by atoms with Gasteiger partial charge < -0.3 is 9.72 Å². The van der Waals surface area contributed by atoms with E-state index in [0.29, 0.717) is 19.4 Å². The van der Waals surface area contributed by atoms with Gasteiger partial charge in [0.1, 0.15) is 28.5 Å². The molecule has 0 saturated heterocycles. The Morgan fingerprint density at radius 1 is 1.17 bits per heavy atom. The Morgan fingerprint density at radius 2 is 1.93 bits per heavy atom. The van der Waals surface area contributed by atoms with Gasteiger partial charge in [-0.15, -0.1) is 0 Å². The quantitative estimate of drug-likeness (QED) is 0.445. The minimum absolute atomic E-state index is 0.0420. The highest BCUT2D eigenvalue weighted by atomic mass is 79.9. The molecule has 2 heterocycles. The molecule has 4 nitrogen and oxygen atoms in total. The number of halogens is 3. The zero-order valence-electron chi connectivity index (χ0n) is 17.0. The Balaban J connectivity index is 1.47. The summed E-state index contributed by atoms with van der Waals surface area (Å²) in [5.74, 6) is -0.928. The van der Waals surface area contributed by atoms with E-state index in [0.717, 1.165) is 44.3 Å². The van der Waals surface area contributed by atoms with Crippen LogP contribution in [0.2, 0.25) is 0 Å². The predicted molar refractivity (Wildman–Crippen MR) is 116 cm³/mol. The maximum Gasteiger partial charge on any atom is 0.248 e. The Labute approximate surface area is 183 Å². The third-order valence-electron chi connectivity index (χ3n) is 5.58. The Bertz CT molecular complexity index is 1020. The molecule has 0 atom stereocenters. The van der Waals surface area contributed by atoms with Crippen molar-refractivity contribution in [2.24, 2.45) is 0 Å². The van der Waals surface area contributed by atoms with Crippen molar-refractivity contribution in [3.8, 4) is 17.0 Å². The molecule has 1 saturated carbocycles. The van der Waals surface area contributed by atoms with Gasteiger partial charge in [-0.05, 0) is 78.0 Å². The number of aromatic amines is 1. The molecule has 1 aromatic carbocycles. The van der Waals surface area contributed by atoms with E-state index in [9.17, 15) is 8.78 Å². The van der Waals surface area contributed by atoms with Gasteiger partial charge in [0.25, 0.3) is 0 Å². The Hall–Kier alpha value is -2.28. The van der Waals surface area contributed by atoms with Gasteiger partial charge in [-0.3, -0.25) is 4.98 Å². The molecule has 1 N–H and O–H groups in total. The second kappa shape index (κ2) is 8.46. The second-order valence-electron chi connectivity index (χ2n) is 8.01. The van der Waals surface area contributed by atoms with Crippen molar-refractivity contribution in [2.45, 2.75) is 58.0 Å². The van der Waals surface area contributed by atoms with Crippen molar-refractivity contribution in [2.75, 3.05) is 0 Å². The molecule has 0 amide bonds. The van der Waals surface area contributed by atoms with E-state index in [4.69, 9.17) is 9.72 Å². The average molecular weight is 476 g/mol. The highest BCUT2D eigenvalue weighted by Crippen LogP contribution is 2.41. The number of nitrogens with zero attached hydrogens (tertiary/aromatic N) is 2. The van der Waals surface area contributed by atoms with Crippen molar-refractivity contribution < 1.29 is 13.5 Å². The number of pyridine rings is 1. The Morgan fingerprint density at radius 3 is 2.60 bits per heavy atom. The zero-order valence-corrected chi connectivity index (χ0v) is 18.6. The summed E-state index contributed by atoms with van der Waals surface area (Å²) in [6, 6.07) is 9.90. The van der Waals surface area contributed by atoms with Crippen molar-refractivity contribution in [3.05, 3.63) is 63.8 Å². The molecular weight excluding hydrogens is 452 g/mol. The lowest BCUT2D eigenvalue weighted by Gasteiger charge is -2.26. The van der Waals surface area contributed by atoms with Gasteiger partial charge >= 0.3 is 0 Å². The Kier molecular flexibility index (Phi) is 5.91. The van der Waals surface area contributed by atoms with Crippen LogP contribution in [-0.4, -0.2) is 20.9 Å². The maximum atomic E-state index is 13.5. The molecule has 7 heteroatoms. The molecule has 0 aliphatic heterocycles. The lowest BCUT2D eigenvalue weighted by molar-refractivity contribution is -0.0387. The highest BCUT2D eigenvalue weighted by molar-refractivity contribution is 9.10. The van der Waals surface area contributed by atoms with Crippen molar-refractivity contribution in [3.63, 3.8) is 0 Å². The first-order valence-electron chi connectivity index (χ1n) is 10.1. The van der Waals surface area contributed by atoms with E-state index in [-0.39, 0.29) is 18.8 Å². The summed E-state index contributed by atoms with van der Waals surface area (Å²) in [6.45, 7) is 4.40. The first-order chi connectivity index (χ1) is 14.3. The summed E-state index contributed by atoms with van der Waals surface area (Å²) >= 11 is 3.55. The van der Waals surface area contributed by atoms with E-state index >= 15 is 0 Å². The van der Waals surface area contributed by atoms with E-state index in [2.05, 4.69) is 25.9 Å². The predicted octanol–water partition coefficient (Wildman–Crippen LogP) is 6.72. The number of aryl methyl sites for hydroxylation is 2. The molecule has 0 radical (unpaired) electrons. The average Bonchev–Trinajstić information content (AvgIpc) is 3.10. The molecule has 158 valence electrons. The number of hydrogen-bond acceptors (Lipinski definition) is 3. The molecule has 1 aliphatic rings. The van der Waals surface area contributed by atoms with Gasteiger partial charge in [-0.25, -0.2) is 13.8 Å². The van der Waals surface area contributed by atoms with Crippen LogP contribution in [0.4, 0.5) is 8.78 Å². The lowest BCUT2D eigenvalue weighted by atomic mass is 9.86. The monoisotopic (exact) mass is 475 g/mol. The fourth-order valence-electron chi connectivity index (χ4n) is 3.76. The third-order valence-corrected chi connectivity index (χ3v) is 6.15. The van der Waals surface area contributed by atoms with Crippen LogP contribution in [0.5, 0.6) is 5.75 Å². The van der Waals surface area contributed by atoms with Crippen LogP contribution < -0.4 is 4.74 Å². The SMILES string of the molecule is Cc1ccc(COc2ccc(-c3nc(C4CCC(F)(F)CC4)[nH]c3Br)cc2C)nc1. The number of imidazole rings is 1. The van der Waals surface area contributed by atoms with E-state index in [1.165, 1.54) is 0 Å². The van der Waals surface area contributed by atoms with Crippen LogP contribution in [0.25, 0.3) is 11.3 Å². The van der Waals surface area contributed by atoms with Crippen molar-refractivity contribution in [1.82, 2.24) is 15.0 Å². The van der Waals surface area contributed by atoms with Crippen LogP contribution in [-0.2, 0) is 6.61 Å². The lowest BCUT2D eigenvalue weighted by Crippen LogP contribution is -2.24. The summed E-state index contributed by atoms with van der Waals surface area (Å²) in [5.41, 5.74) is 4.72. The van der Waals surface area contributed by atoms with Gasteiger partial charge in [-0.2, -0.15) is 0 Å². The van der Waals surface area contributed by atoms with Crippen LogP contribution in [0.3, 0.4) is 0 Å². The second-order valence-corrected chi connectivity index (χ2v) is 8.80. The van der Waals surface area contributed by atoms with Crippen molar-refractivity contribution >= 4 is 15.9 Å². The van der Waals surface area contributed by atoms with Crippen LogP contribution in [0.1, 0.15) is 54.2 Å². The number of aromatic nitrogens is 3. The minimum atomic E-state index is -2.54. The number of H-pyrrole nitrogens is 1. The van der Waals surface area contributed by atoms with Crippen LogP contribution in [0, 0.1) is 13.8 Å². The number of ether oxygens (including phenoxy) is 1. The fraction of sp³-hybridized carbons (Fsp3) is 0.391. The van der Waals surface area contributed by atoms with Gasteiger partial charge in [0.15, 0.2) is 0 Å². The first kappa shape index (κ1) is 21.0. The van der Waals surface area contributed by atoms with E-state index in [1.807, 2.05) is 50.4 Å². The third kappa shape index (κ3) is 4.72. The zero-order chi connectivity index (χ0) is 21.3. The number of alkyl halides is 2. The van der Waals surface area contributed by atoms with Crippen LogP contribution in [0.15, 0.2) is 41.1 Å². The number of nitrogens with one attached hydrogen (secondary N) is 1. The molecule has 0 bridgehead atoms. The smallest absolute Gasteiger partial charge is 0.248 e. The fourth-order valence-corrected chi connectivity index (χ4v) is 4.28. The van der Waals surface area contributed by atoms with Crippen LogP contribution >= 0.6 is 15.9 Å². The van der Waals surface area contributed by atoms with Crippen molar-refractivity contribution in [1.29, 1.82) is 0 Å². The molecule has 3 aromatic rings. The summed E-state index contributed by atoms with van der Waals surface area (Å²) in [7, 11) is 0. The van der Waals surface area contributed by atoms with E-state index < -0.39 is 5.92 Å². The van der Waals surface area contributed by atoms with E-state index in [1.54, 1.807) is 0 Å². The summed E-state index contributed by atoms with van der Waals surface area (Å²) in [6.07, 6.45) is 2.57. The number of hydrogen-bond donors (Lipinski definition) is 1. The largest absolute Gasteiger partial charge is 0.487 e. The van der Waals surface area contributed by atoms with Gasteiger partial charge in [-0.1, -0.05) is 6.07 Å². The maximum absolute atomic E-state index is 13.5. The molecular formula is C23H24BrF2N3O. The summed E-state index contributed by atoms with van der Waals surface area (Å²) in [5, 5.41) is 0. The first-order valence-corrected chi connectivity index (χ1v) is 10.9. The van der Waals surface area contributed by atoms with Gasteiger partial charge in [0.2, 0.25) is 5.92 Å². The standard InChI is InChI=1S/C23H24BrF2N3O/c1-14-3-5-18(27-12-14)13-30-19-6-4-17(11-15(19)2)20-21(24)29-22(28-20)16-7-9-23(25,26)10-8-16/h3-6,11-12,16H,7-10,13H2,1-2H3,(H,28,29).